The van der Waals surface area contributed by atoms with Crippen molar-refractivity contribution in [2.75, 3.05) is 17.7 Å². The molecule has 0 fully saturated rings. The second-order valence-electron chi connectivity index (χ2n) is 8.68. The molecule has 0 spiro atoms. The van der Waals surface area contributed by atoms with Crippen molar-refractivity contribution in [2.24, 2.45) is 0 Å². The van der Waals surface area contributed by atoms with Gasteiger partial charge in [-0.15, -0.1) is 10.2 Å². The van der Waals surface area contributed by atoms with Crippen LogP contribution < -0.4 is 15.4 Å². The number of hydrogen-bond acceptors (Lipinski definition) is 6. The molecule has 2 N–H and O–H groups in total. The number of carbonyl (C=O) groups is 2. The zero-order chi connectivity index (χ0) is 27.1. The average molecular weight is 550 g/mol. The van der Waals surface area contributed by atoms with Gasteiger partial charge in [0.15, 0.2) is 17.6 Å². The number of rotatable bonds is 10. The molecule has 4 rings (SSSR count). The smallest absolute Gasteiger partial charge is 0.258 e. The first-order chi connectivity index (χ1) is 18.3. The number of nitrogens with zero attached hydrogens (tertiary/aromatic N) is 3. The van der Waals surface area contributed by atoms with Crippen LogP contribution in [0.3, 0.4) is 0 Å². The molecule has 0 saturated carbocycles. The first-order valence-corrected chi connectivity index (χ1v) is 13.3. The molecular weight excluding hydrogens is 522 g/mol. The second kappa shape index (κ2) is 12.6. The highest BCUT2D eigenvalue weighted by molar-refractivity contribution is 7.99. The maximum Gasteiger partial charge on any atom is 0.258 e. The zero-order valence-electron chi connectivity index (χ0n) is 21.3. The van der Waals surface area contributed by atoms with Crippen LogP contribution >= 0.6 is 23.4 Å². The fraction of sp³-hybridized carbons (Fsp3) is 0.214. The number of carbonyl (C=O) groups excluding carboxylic acids is 2. The first-order valence-electron chi connectivity index (χ1n) is 12.0. The fourth-order valence-electron chi connectivity index (χ4n) is 3.69. The Morgan fingerprint density at radius 2 is 1.74 bits per heavy atom. The lowest BCUT2D eigenvalue weighted by atomic mass is 10.1. The van der Waals surface area contributed by atoms with Gasteiger partial charge in [-0.3, -0.25) is 14.2 Å². The molecular formula is C28H28ClN5O3S. The molecule has 38 heavy (non-hydrogen) atoms. The minimum atomic E-state index is -0.304. The monoisotopic (exact) mass is 549 g/mol. The average Bonchev–Trinajstić information content (AvgIpc) is 3.30. The molecule has 1 heterocycles. The number of halogens is 1. The van der Waals surface area contributed by atoms with Crippen molar-refractivity contribution in [2.45, 2.75) is 32.5 Å². The van der Waals surface area contributed by atoms with E-state index in [9.17, 15) is 9.59 Å². The minimum absolute atomic E-state index is 0.138. The number of benzene rings is 3. The van der Waals surface area contributed by atoms with E-state index in [2.05, 4.69) is 20.8 Å². The van der Waals surface area contributed by atoms with Crippen LogP contribution in [0.5, 0.6) is 5.75 Å². The molecule has 0 atom stereocenters. The molecule has 196 valence electrons. The van der Waals surface area contributed by atoms with E-state index in [0.29, 0.717) is 21.8 Å². The lowest BCUT2D eigenvalue weighted by Gasteiger charge is -2.15. The standard InChI is InChI=1S/C28H28ClN5O3S/c1-18-6-4-8-22(14-18)31-27(36)17-38-28-33-32-25(34(28)24-9-5-7-19(2)20(24)3)15-30-26(35)16-37-23-12-10-21(29)11-13-23/h4-14H,15-17H2,1-3H3,(H,30,35)(H,31,36). The Balaban J connectivity index is 1.46. The summed E-state index contributed by atoms with van der Waals surface area (Å²) >= 11 is 7.17. The Labute approximate surface area is 230 Å². The van der Waals surface area contributed by atoms with Gasteiger partial charge in [0.25, 0.3) is 5.91 Å². The maximum atomic E-state index is 12.6. The predicted molar refractivity (Wildman–Crippen MR) is 150 cm³/mol. The fourth-order valence-corrected chi connectivity index (χ4v) is 4.58. The molecule has 0 bridgehead atoms. The van der Waals surface area contributed by atoms with Crippen LogP contribution in [0.4, 0.5) is 5.69 Å². The van der Waals surface area contributed by atoms with Crippen molar-refractivity contribution in [3.8, 4) is 11.4 Å². The number of aromatic nitrogens is 3. The summed E-state index contributed by atoms with van der Waals surface area (Å²) in [7, 11) is 0. The summed E-state index contributed by atoms with van der Waals surface area (Å²) in [4.78, 5) is 25.1. The van der Waals surface area contributed by atoms with Gasteiger partial charge < -0.3 is 15.4 Å². The van der Waals surface area contributed by atoms with Crippen molar-refractivity contribution in [3.05, 3.63) is 94.3 Å². The SMILES string of the molecule is Cc1cccc(NC(=O)CSc2nnc(CNC(=O)COc3ccc(Cl)cc3)n2-c2cccc(C)c2C)c1. The largest absolute Gasteiger partial charge is 0.484 e. The summed E-state index contributed by atoms with van der Waals surface area (Å²) in [6.45, 7) is 6.01. The van der Waals surface area contributed by atoms with Crippen LogP contribution in [0.1, 0.15) is 22.5 Å². The van der Waals surface area contributed by atoms with Crippen molar-refractivity contribution in [1.29, 1.82) is 0 Å². The van der Waals surface area contributed by atoms with Crippen molar-refractivity contribution in [1.82, 2.24) is 20.1 Å². The lowest BCUT2D eigenvalue weighted by Crippen LogP contribution is -2.29. The number of nitrogens with one attached hydrogen (secondary N) is 2. The maximum absolute atomic E-state index is 12.6. The molecule has 1 aromatic heterocycles. The third kappa shape index (κ3) is 7.14. The van der Waals surface area contributed by atoms with Gasteiger partial charge in [-0.25, -0.2) is 0 Å². The molecule has 8 nitrogen and oxygen atoms in total. The number of aryl methyl sites for hydroxylation is 2. The Morgan fingerprint density at radius 1 is 0.974 bits per heavy atom. The van der Waals surface area contributed by atoms with E-state index >= 15 is 0 Å². The van der Waals surface area contributed by atoms with Crippen LogP contribution in [0.2, 0.25) is 5.02 Å². The van der Waals surface area contributed by atoms with Crippen LogP contribution in [0, 0.1) is 20.8 Å². The third-order valence-electron chi connectivity index (χ3n) is 5.78. The van der Waals surface area contributed by atoms with Gasteiger partial charge in [-0.2, -0.15) is 0 Å². The minimum Gasteiger partial charge on any atom is -0.484 e. The van der Waals surface area contributed by atoms with E-state index in [1.807, 2.05) is 67.8 Å². The number of amides is 2. The van der Waals surface area contributed by atoms with E-state index in [1.165, 1.54) is 11.8 Å². The summed E-state index contributed by atoms with van der Waals surface area (Å²) in [5.41, 5.74) is 4.86. The van der Waals surface area contributed by atoms with Crippen molar-refractivity contribution in [3.63, 3.8) is 0 Å². The van der Waals surface area contributed by atoms with Crippen molar-refractivity contribution < 1.29 is 14.3 Å². The predicted octanol–water partition coefficient (Wildman–Crippen LogP) is 5.27. The summed E-state index contributed by atoms with van der Waals surface area (Å²) < 4.78 is 7.41. The van der Waals surface area contributed by atoms with E-state index in [4.69, 9.17) is 16.3 Å². The number of anilines is 1. The van der Waals surface area contributed by atoms with E-state index in [0.717, 1.165) is 28.1 Å². The van der Waals surface area contributed by atoms with Crippen LogP contribution in [-0.4, -0.2) is 38.9 Å². The molecule has 0 saturated heterocycles. The van der Waals surface area contributed by atoms with Crippen molar-refractivity contribution >= 4 is 40.9 Å². The summed E-state index contributed by atoms with van der Waals surface area (Å²) in [6, 6.07) is 20.4. The zero-order valence-corrected chi connectivity index (χ0v) is 22.9. The lowest BCUT2D eigenvalue weighted by molar-refractivity contribution is -0.123. The van der Waals surface area contributed by atoms with E-state index in [1.54, 1.807) is 24.3 Å². The molecule has 0 unspecified atom stereocenters. The van der Waals surface area contributed by atoms with Gasteiger partial charge in [0, 0.05) is 10.7 Å². The van der Waals surface area contributed by atoms with Gasteiger partial charge in [0.1, 0.15) is 5.75 Å². The Kier molecular flexibility index (Phi) is 9.04. The molecule has 0 aliphatic heterocycles. The Hall–Kier alpha value is -3.82. The molecule has 0 aliphatic carbocycles. The summed E-state index contributed by atoms with van der Waals surface area (Å²) in [5.74, 6) is 0.788. The topological polar surface area (TPSA) is 98.1 Å². The summed E-state index contributed by atoms with van der Waals surface area (Å²) in [5, 5.41) is 15.6. The number of hydrogen-bond donors (Lipinski definition) is 2. The third-order valence-corrected chi connectivity index (χ3v) is 6.96. The molecule has 0 aliphatic rings. The molecule has 4 aromatic rings. The normalized spacial score (nSPS) is 10.7. The molecule has 2 amide bonds. The highest BCUT2D eigenvalue weighted by Crippen LogP contribution is 2.26. The van der Waals surface area contributed by atoms with Gasteiger partial charge in [0.2, 0.25) is 5.91 Å². The number of thioether (sulfide) groups is 1. The van der Waals surface area contributed by atoms with Gasteiger partial charge >= 0.3 is 0 Å². The Bertz CT molecular complexity index is 1440. The van der Waals surface area contributed by atoms with Crippen LogP contribution in [0.15, 0.2) is 71.9 Å². The van der Waals surface area contributed by atoms with Gasteiger partial charge in [-0.1, -0.05) is 47.6 Å². The highest BCUT2D eigenvalue weighted by Gasteiger charge is 2.18. The highest BCUT2D eigenvalue weighted by atomic mass is 35.5. The van der Waals surface area contributed by atoms with E-state index < -0.39 is 0 Å². The molecule has 0 radical (unpaired) electrons. The van der Waals surface area contributed by atoms with E-state index in [-0.39, 0.29) is 30.7 Å². The summed E-state index contributed by atoms with van der Waals surface area (Å²) in [6.07, 6.45) is 0. The van der Waals surface area contributed by atoms with Crippen LogP contribution in [0.25, 0.3) is 5.69 Å². The Morgan fingerprint density at radius 3 is 2.50 bits per heavy atom. The van der Waals surface area contributed by atoms with Crippen LogP contribution in [-0.2, 0) is 16.1 Å². The molecule has 3 aromatic carbocycles. The number of ether oxygens (including phenoxy) is 1. The quantitative estimate of drug-likeness (QED) is 0.261. The van der Waals surface area contributed by atoms with Gasteiger partial charge in [0.05, 0.1) is 18.0 Å². The first kappa shape index (κ1) is 27.2. The molecule has 10 heteroatoms. The second-order valence-corrected chi connectivity index (χ2v) is 10.1. The van der Waals surface area contributed by atoms with Gasteiger partial charge in [-0.05, 0) is 79.9 Å².